The summed E-state index contributed by atoms with van der Waals surface area (Å²) in [5.41, 5.74) is 0.490. The lowest BCUT2D eigenvalue weighted by Gasteiger charge is -2.27. The topological polar surface area (TPSA) is 83.5 Å². The first-order chi connectivity index (χ1) is 13.8. The van der Waals surface area contributed by atoms with Gasteiger partial charge in [0.15, 0.2) is 0 Å². The maximum absolute atomic E-state index is 13.3. The molecule has 1 saturated carbocycles. The van der Waals surface area contributed by atoms with Gasteiger partial charge in [0.25, 0.3) is 0 Å². The number of allylic oxidation sites excluding steroid dienone is 3. The van der Waals surface area contributed by atoms with E-state index in [-0.39, 0.29) is 24.3 Å². The minimum Gasteiger partial charge on any atom is -0.481 e. The second-order valence-corrected chi connectivity index (χ2v) is 9.25. The Morgan fingerprint density at radius 2 is 2.03 bits per heavy atom. The van der Waals surface area contributed by atoms with E-state index in [4.69, 9.17) is 5.11 Å². The molecule has 2 bridgehead atoms. The number of aliphatic carboxylic acids is 1. The first-order valence-electron chi connectivity index (χ1n) is 9.85. The molecule has 2 N–H and O–H groups in total. The van der Waals surface area contributed by atoms with Crippen LogP contribution in [0, 0.1) is 23.6 Å². The molecule has 0 spiro atoms. The van der Waals surface area contributed by atoms with Crippen LogP contribution in [0.4, 0.5) is 4.39 Å². The van der Waals surface area contributed by atoms with Gasteiger partial charge in [0, 0.05) is 17.9 Å². The van der Waals surface area contributed by atoms with E-state index in [1.807, 2.05) is 12.2 Å². The van der Waals surface area contributed by atoms with E-state index in [0.717, 1.165) is 18.2 Å². The van der Waals surface area contributed by atoms with Crippen LogP contribution >= 0.6 is 0 Å². The Labute approximate surface area is 171 Å². The van der Waals surface area contributed by atoms with Crippen LogP contribution in [0.3, 0.4) is 0 Å². The Balaban J connectivity index is 1.59. The van der Waals surface area contributed by atoms with Crippen molar-refractivity contribution < 1.29 is 22.7 Å². The molecule has 0 saturated heterocycles. The second kappa shape index (κ2) is 9.50. The van der Waals surface area contributed by atoms with Gasteiger partial charge < -0.3 is 5.11 Å². The quantitative estimate of drug-likeness (QED) is 0.442. The van der Waals surface area contributed by atoms with Crippen LogP contribution in [0.5, 0.6) is 0 Å². The third-order valence-corrected chi connectivity index (χ3v) is 6.64. The third kappa shape index (κ3) is 6.11. The van der Waals surface area contributed by atoms with Gasteiger partial charge in [-0.15, -0.1) is 0 Å². The Morgan fingerprint density at radius 1 is 1.24 bits per heavy atom. The predicted octanol–water partition coefficient (Wildman–Crippen LogP) is 4.11. The number of hydrogen-bond acceptors (Lipinski definition) is 3. The number of fused-ring (bicyclic) bond motifs is 2. The molecule has 2 aliphatic carbocycles. The molecule has 0 amide bonds. The molecule has 1 aromatic rings. The van der Waals surface area contributed by atoms with Crippen molar-refractivity contribution in [1.82, 2.24) is 4.72 Å². The summed E-state index contributed by atoms with van der Waals surface area (Å²) in [5.74, 6) is -0.493. The summed E-state index contributed by atoms with van der Waals surface area (Å²) in [7, 11) is -3.66. The van der Waals surface area contributed by atoms with Crippen molar-refractivity contribution in [3.8, 4) is 0 Å². The number of benzene rings is 1. The SMILES string of the molecule is O=C(O)CCCC=CCC1C2C=CC(C2)C1NS(=O)(=O)C=Cc1cccc(F)c1. The highest BCUT2D eigenvalue weighted by molar-refractivity contribution is 7.92. The fraction of sp³-hybridized carbons (Fsp3) is 0.409. The molecule has 0 heterocycles. The molecular formula is C22H26FNO4S. The lowest BCUT2D eigenvalue weighted by molar-refractivity contribution is -0.137. The zero-order valence-electron chi connectivity index (χ0n) is 16.1. The molecule has 5 nitrogen and oxygen atoms in total. The van der Waals surface area contributed by atoms with Crippen LogP contribution in [0.2, 0.25) is 0 Å². The van der Waals surface area contributed by atoms with Crippen molar-refractivity contribution >= 4 is 22.1 Å². The molecule has 1 aromatic carbocycles. The minimum absolute atomic E-state index is 0.154. The van der Waals surface area contributed by atoms with Crippen LogP contribution in [0.25, 0.3) is 6.08 Å². The van der Waals surface area contributed by atoms with E-state index >= 15 is 0 Å². The minimum atomic E-state index is -3.66. The van der Waals surface area contributed by atoms with Crippen molar-refractivity contribution in [3.05, 3.63) is 65.4 Å². The molecule has 1 fully saturated rings. The number of nitrogens with one attached hydrogen (secondary N) is 1. The maximum atomic E-state index is 13.3. The van der Waals surface area contributed by atoms with E-state index in [1.165, 1.54) is 24.3 Å². The Hall–Kier alpha value is -2.25. The molecule has 156 valence electrons. The summed E-state index contributed by atoms with van der Waals surface area (Å²) in [5, 5.41) is 9.76. The molecule has 4 atom stereocenters. The first-order valence-corrected chi connectivity index (χ1v) is 11.4. The Morgan fingerprint density at radius 3 is 2.79 bits per heavy atom. The summed E-state index contributed by atoms with van der Waals surface area (Å²) in [6, 6.07) is 5.60. The number of sulfonamides is 1. The smallest absolute Gasteiger partial charge is 0.303 e. The monoisotopic (exact) mass is 419 g/mol. The van der Waals surface area contributed by atoms with E-state index in [2.05, 4.69) is 16.9 Å². The van der Waals surface area contributed by atoms with Crippen molar-refractivity contribution in [3.63, 3.8) is 0 Å². The number of unbranched alkanes of at least 4 members (excludes halogenated alkanes) is 1. The number of halogens is 1. The van der Waals surface area contributed by atoms with Gasteiger partial charge in [-0.05, 0) is 67.2 Å². The number of carbonyl (C=O) groups is 1. The second-order valence-electron chi connectivity index (χ2n) is 7.65. The van der Waals surface area contributed by atoms with Gasteiger partial charge in [-0.3, -0.25) is 4.79 Å². The van der Waals surface area contributed by atoms with E-state index in [9.17, 15) is 17.6 Å². The lowest BCUT2D eigenvalue weighted by Crippen LogP contribution is -2.41. The molecule has 0 radical (unpaired) electrons. The van der Waals surface area contributed by atoms with Gasteiger partial charge in [-0.2, -0.15) is 0 Å². The number of carboxylic acids is 1. The fourth-order valence-corrected chi connectivity index (χ4v) is 5.31. The van der Waals surface area contributed by atoms with Crippen LogP contribution < -0.4 is 4.72 Å². The summed E-state index contributed by atoms with van der Waals surface area (Å²) in [6.45, 7) is 0. The zero-order chi connectivity index (χ0) is 20.9. The summed E-state index contributed by atoms with van der Waals surface area (Å²) in [6.07, 6.45) is 12.8. The van der Waals surface area contributed by atoms with Gasteiger partial charge in [-0.25, -0.2) is 17.5 Å². The van der Waals surface area contributed by atoms with E-state index < -0.39 is 21.8 Å². The molecule has 2 aliphatic rings. The van der Waals surface area contributed by atoms with Crippen LogP contribution in [0.1, 0.15) is 37.7 Å². The van der Waals surface area contributed by atoms with Crippen molar-refractivity contribution in [2.75, 3.05) is 0 Å². The van der Waals surface area contributed by atoms with Gasteiger partial charge >= 0.3 is 5.97 Å². The zero-order valence-corrected chi connectivity index (χ0v) is 16.9. The first kappa shape index (κ1) is 21.5. The maximum Gasteiger partial charge on any atom is 0.303 e. The van der Waals surface area contributed by atoms with Gasteiger partial charge in [0.2, 0.25) is 10.0 Å². The van der Waals surface area contributed by atoms with Crippen LogP contribution in [0.15, 0.2) is 54.0 Å². The van der Waals surface area contributed by atoms with Crippen LogP contribution in [-0.2, 0) is 14.8 Å². The highest BCUT2D eigenvalue weighted by atomic mass is 32.2. The number of hydrogen-bond donors (Lipinski definition) is 2. The van der Waals surface area contributed by atoms with Crippen molar-refractivity contribution in [2.45, 2.75) is 38.1 Å². The summed E-state index contributed by atoms with van der Waals surface area (Å²) >= 11 is 0. The Bertz CT molecular complexity index is 922. The van der Waals surface area contributed by atoms with E-state index in [0.29, 0.717) is 24.3 Å². The van der Waals surface area contributed by atoms with Gasteiger partial charge in [0.1, 0.15) is 5.82 Å². The molecule has 4 unspecified atom stereocenters. The highest BCUT2D eigenvalue weighted by Crippen LogP contribution is 2.45. The largest absolute Gasteiger partial charge is 0.481 e. The van der Waals surface area contributed by atoms with Crippen molar-refractivity contribution in [1.29, 1.82) is 0 Å². The molecular weight excluding hydrogens is 393 g/mol. The third-order valence-electron chi connectivity index (χ3n) is 5.55. The molecule has 29 heavy (non-hydrogen) atoms. The molecule has 0 aliphatic heterocycles. The summed E-state index contributed by atoms with van der Waals surface area (Å²) in [4.78, 5) is 10.5. The molecule has 0 aromatic heterocycles. The average Bonchev–Trinajstić information content (AvgIpc) is 3.25. The Kier molecular flexibility index (Phi) is 7.03. The van der Waals surface area contributed by atoms with Gasteiger partial charge in [-0.1, -0.05) is 36.4 Å². The molecule has 3 rings (SSSR count). The van der Waals surface area contributed by atoms with Crippen LogP contribution in [-0.4, -0.2) is 25.5 Å². The highest BCUT2D eigenvalue weighted by Gasteiger charge is 2.44. The number of rotatable bonds is 10. The van der Waals surface area contributed by atoms with Gasteiger partial charge in [0.05, 0.1) is 0 Å². The fourth-order valence-electron chi connectivity index (χ4n) is 4.17. The normalized spacial score (nSPS) is 26.1. The van der Waals surface area contributed by atoms with Crippen molar-refractivity contribution in [2.24, 2.45) is 17.8 Å². The molecule has 7 heteroatoms. The lowest BCUT2D eigenvalue weighted by atomic mass is 9.86. The predicted molar refractivity (Wildman–Crippen MR) is 111 cm³/mol. The standard InChI is InChI=1S/C22H26FNO4S/c23-19-7-5-6-16(14-19)12-13-29(27,28)24-22-18-11-10-17(15-18)20(22)8-3-1-2-4-9-21(25)26/h1,3,5-7,10-14,17-18,20,22,24H,2,4,8-9,15H2,(H,25,26). The van der Waals surface area contributed by atoms with E-state index in [1.54, 1.807) is 6.07 Å². The number of carboxylic acid groups (broad SMARTS) is 1. The average molecular weight is 420 g/mol. The summed E-state index contributed by atoms with van der Waals surface area (Å²) < 4.78 is 41.2.